The SMILES string of the molecule is Cc1nc(-c2cn(C)nc2C(C)(C)C)[nH]c(=O)c1Br. The summed E-state index contributed by atoms with van der Waals surface area (Å²) in [5.74, 6) is 0.559. The van der Waals surface area contributed by atoms with Crippen LogP contribution < -0.4 is 5.56 Å². The molecule has 0 aliphatic rings. The molecule has 0 unspecified atom stereocenters. The first kappa shape index (κ1) is 14.0. The molecule has 0 saturated heterocycles. The van der Waals surface area contributed by atoms with Crippen molar-refractivity contribution in [2.24, 2.45) is 7.05 Å². The first-order valence-electron chi connectivity index (χ1n) is 6.01. The van der Waals surface area contributed by atoms with Crippen LogP contribution in [0.25, 0.3) is 11.4 Å². The van der Waals surface area contributed by atoms with Crippen LogP contribution in [-0.4, -0.2) is 19.7 Å². The van der Waals surface area contributed by atoms with Gasteiger partial charge in [0, 0.05) is 18.7 Å². The standard InChI is InChI=1S/C13H17BrN4O/c1-7-9(14)12(19)16-11(15-7)8-6-18(5)17-10(8)13(2,3)4/h6H,1-5H3,(H,15,16,19). The monoisotopic (exact) mass is 324 g/mol. The zero-order valence-corrected chi connectivity index (χ0v) is 13.3. The van der Waals surface area contributed by atoms with Gasteiger partial charge in [-0.1, -0.05) is 20.8 Å². The lowest BCUT2D eigenvalue weighted by atomic mass is 9.89. The van der Waals surface area contributed by atoms with E-state index in [1.54, 1.807) is 11.6 Å². The smallest absolute Gasteiger partial charge is 0.265 e. The summed E-state index contributed by atoms with van der Waals surface area (Å²) in [5, 5.41) is 4.48. The molecule has 0 fully saturated rings. The maximum absolute atomic E-state index is 11.8. The third-order valence-electron chi connectivity index (χ3n) is 2.82. The summed E-state index contributed by atoms with van der Waals surface area (Å²) in [4.78, 5) is 19.1. The number of H-pyrrole nitrogens is 1. The molecule has 0 aliphatic heterocycles. The van der Waals surface area contributed by atoms with Gasteiger partial charge in [0.15, 0.2) is 0 Å². The van der Waals surface area contributed by atoms with E-state index in [-0.39, 0.29) is 11.0 Å². The molecule has 0 atom stereocenters. The van der Waals surface area contributed by atoms with Crippen LogP contribution in [0.15, 0.2) is 15.5 Å². The van der Waals surface area contributed by atoms with E-state index in [9.17, 15) is 4.79 Å². The van der Waals surface area contributed by atoms with Gasteiger partial charge < -0.3 is 4.98 Å². The normalized spacial score (nSPS) is 11.9. The molecule has 0 spiro atoms. The van der Waals surface area contributed by atoms with E-state index < -0.39 is 0 Å². The van der Waals surface area contributed by atoms with Gasteiger partial charge in [0.1, 0.15) is 10.3 Å². The third-order valence-corrected chi connectivity index (χ3v) is 3.76. The van der Waals surface area contributed by atoms with Gasteiger partial charge in [-0.05, 0) is 22.9 Å². The number of halogens is 1. The quantitative estimate of drug-likeness (QED) is 0.876. The van der Waals surface area contributed by atoms with E-state index in [1.165, 1.54) is 0 Å². The van der Waals surface area contributed by atoms with Gasteiger partial charge in [-0.3, -0.25) is 9.48 Å². The fourth-order valence-electron chi connectivity index (χ4n) is 1.91. The fourth-order valence-corrected chi connectivity index (χ4v) is 2.10. The van der Waals surface area contributed by atoms with Crippen molar-refractivity contribution >= 4 is 15.9 Å². The lowest BCUT2D eigenvalue weighted by Crippen LogP contribution is -2.16. The molecule has 19 heavy (non-hydrogen) atoms. The van der Waals surface area contributed by atoms with E-state index in [1.807, 2.05) is 13.2 Å². The highest BCUT2D eigenvalue weighted by Gasteiger charge is 2.24. The van der Waals surface area contributed by atoms with Gasteiger partial charge >= 0.3 is 0 Å². The van der Waals surface area contributed by atoms with Crippen LogP contribution in [0.3, 0.4) is 0 Å². The van der Waals surface area contributed by atoms with Crippen molar-refractivity contribution in [3.8, 4) is 11.4 Å². The summed E-state index contributed by atoms with van der Waals surface area (Å²) in [5.41, 5.74) is 2.16. The van der Waals surface area contributed by atoms with Crippen LogP contribution in [0, 0.1) is 6.92 Å². The molecule has 0 radical (unpaired) electrons. The largest absolute Gasteiger partial charge is 0.305 e. The Balaban J connectivity index is 2.70. The summed E-state index contributed by atoms with van der Waals surface area (Å²) in [6.07, 6.45) is 1.88. The zero-order valence-electron chi connectivity index (χ0n) is 11.7. The number of hydrogen-bond donors (Lipinski definition) is 1. The van der Waals surface area contributed by atoms with E-state index in [0.29, 0.717) is 16.0 Å². The van der Waals surface area contributed by atoms with Crippen LogP contribution in [-0.2, 0) is 12.5 Å². The molecule has 6 heteroatoms. The summed E-state index contributed by atoms with van der Waals surface area (Å²) < 4.78 is 2.21. The zero-order chi connectivity index (χ0) is 14.4. The first-order chi connectivity index (χ1) is 8.70. The Kier molecular flexibility index (Phi) is 3.38. The van der Waals surface area contributed by atoms with Crippen LogP contribution in [0.2, 0.25) is 0 Å². The predicted octanol–water partition coefficient (Wildman–Crippen LogP) is 2.54. The Morgan fingerprint density at radius 1 is 1.37 bits per heavy atom. The maximum atomic E-state index is 11.8. The van der Waals surface area contributed by atoms with Gasteiger partial charge in [0.25, 0.3) is 5.56 Å². The molecule has 1 N–H and O–H groups in total. The third kappa shape index (κ3) is 2.63. The van der Waals surface area contributed by atoms with E-state index in [2.05, 4.69) is 51.8 Å². The van der Waals surface area contributed by atoms with Crippen LogP contribution in [0.1, 0.15) is 32.2 Å². The highest BCUT2D eigenvalue weighted by Crippen LogP contribution is 2.29. The van der Waals surface area contributed by atoms with Crippen molar-refractivity contribution < 1.29 is 0 Å². The van der Waals surface area contributed by atoms with Crippen molar-refractivity contribution in [1.29, 1.82) is 0 Å². The summed E-state index contributed by atoms with van der Waals surface area (Å²) >= 11 is 3.22. The Hall–Kier alpha value is -1.43. The van der Waals surface area contributed by atoms with Crippen molar-refractivity contribution in [2.45, 2.75) is 33.1 Å². The van der Waals surface area contributed by atoms with Crippen LogP contribution in [0.4, 0.5) is 0 Å². The van der Waals surface area contributed by atoms with Gasteiger partial charge in [-0.15, -0.1) is 0 Å². The minimum Gasteiger partial charge on any atom is -0.305 e. The van der Waals surface area contributed by atoms with Gasteiger partial charge in [-0.25, -0.2) is 4.98 Å². The highest BCUT2D eigenvalue weighted by atomic mass is 79.9. The number of nitrogens with one attached hydrogen (secondary N) is 1. The van der Waals surface area contributed by atoms with E-state index in [0.717, 1.165) is 11.3 Å². The maximum Gasteiger partial charge on any atom is 0.265 e. The number of rotatable bonds is 1. The number of aromatic amines is 1. The van der Waals surface area contributed by atoms with Crippen LogP contribution in [0.5, 0.6) is 0 Å². The molecular weight excluding hydrogens is 308 g/mol. The molecule has 2 aromatic heterocycles. The van der Waals surface area contributed by atoms with Crippen LogP contribution >= 0.6 is 15.9 Å². The predicted molar refractivity (Wildman–Crippen MR) is 78.2 cm³/mol. The minimum atomic E-state index is -0.175. The van der Waals surface area contributed by atoms with Crippen molar-refractivity contribution in [1.82, 2.24) is 19.7 Å². The molecular formula is C13H17BrN4O. The topological polar surface area (TPSA) is 63.6 Å². The highest BCUT2D eigenvalue weighted by molar-refractivity contribution is 9.10. The average molecular weight is 325 g/mol. The van der Waals surface area contributed by atoms with Crippen molar-refractivity contribution in [2.75, 3.05) is 0 Å². The molecule has 0 aliphatic carbocycles. The molecule has 2 rings (SSSR count). The number of hydrogen-bond acceptors (Lipinski definition) is 3. The Morgan fingerprint density at radius 3 is 2.53 bits per heavy atom. The first-order valence-corrected chi connectivity index (χ1v) is 6.80. The Labute approximate surface area is 120 Å². The molecule has 0 bridgehead atoms. The lowest BCUT2D eigenvalue weighted by molar-refractivity contribution is 0.554. The van der Waals surface area contributed by atoms with Crippen molar-refractivity contribution in [3.05, 3.63) is 32.4 Å². The van der Waals surface area contributed by atoms with E-state index >= 15 is 0 Å². The second kappa shape index (κ2) is 4.59. The van der Waals surface area contributed by atoms with Crippen molar-refractivity contribution in [3.63, 3.8) is 0 Å². The molecule has 5 nitrogen and oxygen atoms in total. The number of aryl methyl sites for hydroxylation is 2. The summed E-state index contributed by atoms with van der Waals surface area (Å²) in [6, 6.07) is 0. The fraction of sp³-hybridized carbons (Fsp3) is 0.462. The molecule has 102 valence electrons. The van der Waals surface area contributed by atoms with Gasteiger partial charge in [0.05, 0.1) is 17.0 Å². The minimum absolute atomic E-state index is 0.115. The number of nitrogens with zero attached hydrogens (tertiary/aromatic N) is 3. The Bertz CT molecular complexity index is 679. The molecule has 0 saturated carbocycles. The second-order valence-electron chi connectivity index (χ2n) is 5.63. The molecule has 0 amide bonds. The molecule has 0 aromatic carbocycles. The molecule has 2 heterocycles. The molecule has 2 aromatic rings. The number of aromatic nitrogens is 4. The average Bonchev–Trinajstić information content (AvgIpc) is 2.67. The lowest BCUT2D eigenvalue weighted by Gasteiger charge is -2.17. The van der Waals surface area contributed by atoms with E-state index in [4.69, 9.17) is 0 Å². The second-order valence-corrected chi connectivity index (χ2v) is 6.42. The summed E-state index contributed by atoms with van der Waals surface area (Å²) in [7, 11) is 1.86. The Morgan fingerprint density at radius 2 is 2.00 bits per heavy atom. The van der Waals surface area contributed by atoms with Gasteiger partial charge in [0.2, 0.25) is 0 Å². The summed E-state index contributed by atoms with van der Waals surface area (Å²) in [6.45, 7) is 8.06. The van der Waals surface area contributed by atoms with Gasteiger partial charge in [-0.2, -0.15) is 5.10 Å².